The van der Waals surface area contributed by atoms with Gasteiger partial charge in [0.25, 0.3) is 5.91 Å². The Morgan fingerprint density at radius 1 is 1.32 bits per heavy atom. The first-order valence-corrected chi connectivity index (χ1v) is 9.66. The Hall–Kier alpha value is -2.55. The number of aromatic nitrogens is 2. The van der Waals surface area contributed by atoms with Crippen molar-refractivity contribution in [3.05, 3.63) is 51.6 Å². The van der Waals surface area contributed by atoms with Gasteiger partial charge in [0.15, 0.2) is 11.2 Å². The molecule has 1 unspecified atom stereocenters. The van der Waals surface area contributed by atoms with E-state index in [1.165, 1.54) is 18.4 Å². The van der Waals surface area contributed by atoms with E-state index in [9.17, 15) is 9.59 Å². The molecule has 0 aliphatic carbocycles. The van der Waals surface area contributed by atoms with Crippen LogP contribution in [0.25, 0.3) is 11.3 Å². The van der Waals surface area contributed by atoms with E-state index in [4.69, 9.17) is 27.9 Å². The Kier molecular flexibility index (Phi) is 6.23. The predicted molar refractivity (Wildman–Crippen MR) is 108 cm³/mol. The second-order valence-corrected chi connectivity index (χ2v) is 7.28. The van der Waals surface area contributed by atoms with E-state index in [1.807, 2.05) is 0 Å². The van der Waals surface area contributed by atoms with Gasteiger partial charge in [-0.25, -0.2) is 9.78 Å². The average Bonchev–Trinajstić information content (AvgIpc) is 3.34. The fourth-order valence-corrected chi connectivity index (χ4v) is 3.32. The lowest BCUT2D eigenvalue weighted by Crippen LogP contribution is -2.30. The predicted octanol–water partition coefficient (Wildman–Crippen LogP) is 4.64. The second-order valence-electron chi connectivity index (χ2n) is 5.63. The highest BCUT2D eigenvalue weighted by molar-refractivity contribution is 7.14. The van der Waals surface area contributed by atoms with Crippen LogP contribution in [-0.4, -0.2) is 35.1 Å². The third-order valence-electron chi connectivity index (χ3n) is 3.71. The van der Waals surface area contributed by atoms with Crippen molar-refractivity contribution in [2.45, 2.75) is 13.0 Å². The SMILES string of the molecule is COC(=O)c1cc(-c2csc(NC(=O)C(C)Oc3cccc(Cl)c3Cl)n2)c[nH]1. The minimum absolute atomic E-state index is 0.245. The zero-order valence-corrected chi connectivity index (χ0v) is 17.1. The molecule has 0 saturated heterocycles. The lowest BCUT2D eigenvalue weighted by Gasteiger charge is -2.15. The fourth-order valence-electron chi connectivity index (χ4n) is 2.26. The molecule has 0 bridgehead atoms. The summed E-state index contributed by atoms with van der Waals surface area (Å²) in [5.41, 5.74) is 1.63. The van der Waals surface area contributed by atoms with Crippen LogP contribution in [0, 0.1) is 0 Å². The smallest absolute Gasteiger partial charge is 0.354 e. The van der Waals surface area contributed by atoms with Crippen molar-refractivity contribution in [1.82, 2.24) is 9.97 Å². The minimum Gasteiger partial charge on any atom is -0.479 e. The summed E-state index contributed by atoms with van der Waals surface area (Å²) in [7, 11) is 1.30. The fraction of sp³-hybridized carbons (Fsp3) is 0.167. The van der Waals surface area contributed by atoms with Crippen LogP contribution in [0.1, 0.15) is 17.4 Å². The van der Waals surface area contributed by atoms with Crippen LogP contribution < -0.4 is 10.1 Å². The highest BCUT2D eigenvalue weighted by Gasteiger charge is 2.19. The Balaban J connectivity index is 1.65. The maximum atomic E-state index is 12.4. The summed E-state index contributed by atoms with van der Waals surface area (Å²) in [6.07, 6.45) is 0.821. The molecule has 0 fully saturated rings. The third-order valence-corrected chi connectivity index (χ3v) is 5.27. The van der Waals surface area contributed by atoms with E-state index in [0.29, 0.717) is 32.9 Å². The van der Waals surface area contributed by atoms with Crippen molar-refractivity contribution >= 4 is 51.5 Å². The van der Waals surface area contributed by atoms with Gasteiger partial charge in [-0.15, -0.1) is 11.3 Å². The molecule has 10 heteroatoms. The first-order chi connectivity index (χ1) is 13.4. The summed E-state index contributed by atoms with van der Waals surface area (Å²) < 4.78 is 10.2. The molecule has 0 aliphatic rings. The number of ether oxygens (including phenoxy) is 2. The van der Waals surface area contributed by atoms with Gasteiger partial charge in [0.2, 0.25) is 0 Å². The number of nitrogens with zero attached hydrogens (tertiary/aromatic N) is 1. The van der Waals surface area contributed by atoms with E-state index < -0.39 is 12.1 Å². The van der Waals surface area contributed by atoms with Crippen LogP contribution in [0.3, 0.4) is 0 Å². The summed E-state index contributed by atoms with van der Waals surface area (Å²) in [6.45, 7) is 1.59. The standard InChI is InChI=1S/C18H15Cl2N3O4S/c1-9(27-14-5-3-4-11(19)15(14)20)16(24)23-18-22-13(8-28-18)10-6-12(21-7-10)17(25)26-2/h3-9,21H,1-2H3,(H,22,23,24). The lowest BCUT2D eigenvalue weighted by atomic mass is 10.2. The number of halogens is 2. The van der Waals surface area contributed by atoms with Crippen molar-refractivity contribution < 1.29 is 19.1 Å². The molecule has 2 N–H and O–H groups in total. The molecule has 0 saturated carbocycles. The third kappa shape index (κ3) is 4.46. The van der Waals surface area contributed by atoms with Crippen LogP contribution in [0.5, 0.6) is 5.75 Å². The molecule has 0 radical (unpaired) electrons. The largest absolute Gasteiger partial charge is 0.479 e. The van der Waals surface area contributed by atoms with E-state index in [0.717, 1.165) is 0 Å². The highest BCUT2D eigenvalue weighted by Crippen LogP contribution is 2.32. The van der Waals surface area contributed by atoms with Gasteiger partial charge in [-0.2, -0.15) is 0 Å². The molecule has 1 aromatic carbocycles. The molecule has 3 aromatic rings. The zero-order chi connectivity index (χ0) is 20.3. The molecular weight excluding hydrogens is 425 g/mol. The average molecular weight is 440 g/mol. The quantitative estimate of drug-likeness (QED) is 0.545. The number of thiazole rings is 1. The van der Waals surface area contributed by atoms with Crippen molar-refractivity contribution in [3.63, 3.8) is 0 Å². The van der Waals surface area contributed by atoms with Crippen LogP contribution in [0.2, 0.25) is 10.0 Å². The molecule has 3 rings (SSSR count). The molecule has 1 atom stereocenters. The van der Waals surface area contributed by atoms with Gasteiger partial charge in [0, 0.05) is 17.1 Å². The zero-order valence-electron chi connectivity index (χ0n) is 14.8. The molecule has 28 heavy (non-hydrogen) atoms. The van der Waals surface area contributed by atoms with E-state index >= 15 is 0 Å². The van der Waals surface area contributed by atoms with Gasteiger partial charge in [-0.1, -0.05) is 29.3 Å². The molecular formula is C18H15Cl2N3O4S. The maximum Gasteiger partial charge on any atom is 0.354 e. The summed E-state index contributed by atoms with van der Waals surface area (Å²) in [6, 6.07) is 6.57. The van der Waals surface area contributed by atoms with Gasteiger partial charge in [0.1, 0.15) is 16.5 Å². The number of methoxy groups -OCH3 is 1. The molecule has 2 aromatic heterocycles. The van der Waals surface area contributed by atoms with Crippen LogP contribution >= 0.6 is 34.5 Å². The van der Waals surface area contributed by atoms with Gasteiger partial charge in [-0.3, -0.25) is 10.1 Å². The minimum atomic E-state index is -0.818. The van der Waals surface area contributed by atoms with Crippen molar-refractivity contribution in [2.24, 2.45) is 0 Å². The summed E-state index contributed by atoms with van der Waals surface area (Å²) in [4.78, 5) is 31.1. The normalized spacial score (nSPS) is 11.7. The first-order valence-electron chi connectivity index (χ1n) is 8.03. The van der Waals surface area contributed by atoms with Gasteiger partial charge >= 0.3 is 5.97 Å². The second kappa shape index (κ2) is 8.64. The molecule has 0 aliphatic heterocycles. The Bertz CT molecular complexity index is 1020. The molecule has 0 spiro atoms. The number of aromatic amines is 1. The van der Waals surface area contributed by atoms with Crippen LogP contribution in [0.4, 0.5) is 5.13 Å². The number of hydrogen-bond acceptors (Lipinski definition) is 6. The summed E-state index contributed by atoms with van der Waals surface area (Å²) >= 11 is 13.3. The number of amides is 1. The van der Waals surface area contributed by atoms with E-state index in [-0.39, 0.29) is 10.9 Å². The number of hydrogen-bond donors (Lipinski definition) is 2. The number of nitrogens with one attached hydrogen (secondary N) is 2. The van der Waals surface area contributed by atoms with Gasteiger partial charge in [-0.05, 0) is 25.1 Å². The van der Waals surface area contributed by atoms with E-state index in [2.05, 4.69) is 20.0 Å². The van der Waals surface area contributed by atoms with Gasteiger partial charge in [0.05, 0.1) is 17.8 Å². The number of carbonyl (C=O) groups is 2. The topological polar surface area (TPSA) is 93.3 Å². The first kappa shape index (κ1) is 20.2. The van der Waals surface area contributed by atoms with E-state index in [1.54, 1.807) is 42.8 Å². The number of anilines is 1. The van der Waals surface area contributed by atoms with Crippen LogP contribution in [0.15, 0.2) is 35.8 Å². The summed E-state index contributed by atoms with van der Waals surface area (Å²) in [5.74, 6) is -0.541. The van der Waals surface area contributed by atoms with Crippen molar-refractivity contribution in [1.29, 1.82) is 0 Å². The monoisotopic (exact) mass is 439 g/mol. The van der Waals surface area contributed by atoms with Crippen molar-refractivity contribution in [3.8, 4) is 17.0 Å². The number of esters is 1. The number of H-pyrrole nitrogens is 1. The van der Waals surface area contributed by atoms with Crippen LogP contribution in [-0.2, 0) is 9.53 Å². The number of benzene rings is 1. The summed E-state index contributed by atoms with van der Waals surface area (Å²) in [5, 5.41) is 5.44. The number of rotatable bonds is 6. The maximum absolute atomic E-state index is 12.4. The molecule has 7 nitrogen and oxygen atoms in total. The van der Waals surface area contributed by atoms with Crippen molar-refractivity contribution in [2.75, 3.05) is 12.4 Å². The highest BCUT2D eigenvalue weighted by atomic mass is 35.5. The molecule has 146 valence electrons. The lowest BCUT2D eigenvalue weighted by molar-refractivity contribution is -0.122. The van der Waals surface area contributed by atoms with Gasteiger partial charge < -0.3 is 14.5 Å². The molecule has 1 amide bonds. The molecule has 2 heterocycles. The Labute approximate surface area is 174 Å². The number of carbonyl (C=O) groups excluding carboxylic acids is 2. The Morgan fingerprint density at radius 2 is 2.11 bits per heavy atom. The Morgan fingerprint density at radius 3 is 2.86 bits per heavy atom.